The van der Waals surface area contributed by atoms with E-state index in [1.54, 1.807) is 12.1 Å². The highest BCUT2D eigenvalue weighted by atomic mass is 35.5. The Kier molecular flexibility index (Phi) is 3.10. The molecular weight excluding hydrogens is 263 g/mol. The molecule has 0 saturated heterocycles. The number of rotatable bonds is 2. The zero-order valence-electron chi connectivity index (χ0n) is 9.94. The molecule has 3 rings (SSSR count). The van der Waals surface area contributed by atoms with Crippen LogP contribution in [0.3, 0.4) is 0 Å². The van der Waals surface area contributed by atoms with Gasteiger partial charge in [-0.05, 0) is 35.4 Å². The summed E-state index contributed by atoms with van der Waals surface area (Å²) < 4.78 is 18.9. The minimum atomic E-state index is -0.287. The van der Waals surface area contributed by atoms with Gasteiger partial charge in [0.15, 0.2) is 5.76 Å². The van der Waals surface area contributed by atoms with Crippen molar-refractivity contribution in [3.05, 3.63) is 71.7 Å². The molecule has 0 aliphatic heterocycles. The van der Waals surface area contributed by atoms with Crippen molar-refractivity contribution in [3.63, 3.8) is 0 Å². The summed E-state index contributed by atoms with van der Waals surface area (Å²) in [5, 5.41) is 0.517. The number of benzene rings is 2. The summed E-state index contributed by atoms with van der Waals surface area (Å²) in [4.78, 5) is 0. The Morgan fingerprint density at radius 2 is 1.68 bits per heavy atom. The molecule has 1 heterocycles. The standard InChI is InChI=1S/C16H10ClFO/c17-15-8-9-19-16(15)13-7-6-12(18)10-14(13)11-4-2-1-3-5-11/h1-10H. The van der Waals surface area contributed by atoms with Crippen molar-refractivity contribution in [2.24, 2.45) is 0 Å². The van der Waals surface area contributed by atoms with Gasteiger partial charge in [0.05, 0.1) is 11.3 Å². The minimum Gasteiger partial charge on any atom is -0.463 e. The van der Waals surface area contributed by atoms with E-state index in [9.17, 15) is 4.39 Å². The first kappa shape index (κ1) is 12.0. The number of hydrogen-bond acceptors (Lipinski definition) is 1. The van der Waals surface area contributed by atoms with Crippen LogP contribution in [-0.2, 0) is 0 Å². The Labute approximate surface area is 115 Å². The van der Waals surface area contributed by atoms with Crippen LogP contribution in [0.2, 0.25) is 5.02 Å². The van der Waals surface area contributed by atoms with Gasteiger partial charge in [-0.2, -0.15) is 0 Å². The van der Waals surface area contributed by atoms with Gasteiger partial charge in [0.2, 0.25) is 0 Å². The van der Waals surface area contributed by atoms with Crippen LogP contribution in [0, 0.1) is 5.82 Å². The average molecular weight is 273 g/mol. The quantitative estimate of drug-likeness (QED) is 0.608. The summed E-state index contributed by atoms with van der Waals surface area (Å²) in [5.74, 6) is 0.269. The predicted molar refractivity (Wildman–Crippen MR) is 74.5 cm³/mol. The van der Waals surface area contributed by atoms with Gasteiger partial charge < -0.3 is 4.42 Å². The van der Waals surface area contributed by atoms with E-state index in [0.717, 1.165) is 16.7 Å². The first-order valence-corrected chi connectivity index (χ1v) is 6.22. The lowest BCUT2D eigenvalue weighted by atomic mass is 9.98. The summed E-state index contributed by atoms with van der Waals surface area (Å²) in [6, 6.07) is 15.8. The van der Waals surface area contributed by atoms with Gasteiger partial charge in [0, 0.05) is 5.56 Å². The maximum atomic E-state index is 13.5. The zero-order valence-corrected chi connectivity index (χ0v) is 10.7. The lowest BCUT2D eigenvalue weighted by Gasteiger charge is -2.08. The fraction of sp³-hybridized carbons (Fsp3) is 0. The highest BCUT2D eigenvalue weighted by Crippen LogP contribution is 2.36. The summed E-state index contributed by atoms with van der Waals surface area (Å²) in [7, 11) is 0. The van der Waals surface area contributed by atoms with E-state index in [0.29, 0.717) is 10.8 Å². The topological polar surface area (TPSA) is 13.1 Å². The Balaban J connectivity index is 2.24. The van der Waals surface area contributed by atoms with E-state index >= 15 is 0 Å². The normalized spacial score (nSPS) is 10.6. The fourth-order valence-electron chi connectivity index (χ4n) is 2.06. The molecule has 3 aromatic rings. The average Bonchev–Trinajstić information content (AvgIpc) is 2.86. The Hall–Kier alpha value is -2.06. The molecule has 0 bridgehead atoms. The fourth-order valence-corrected chi connectivity index (χ4v) is 2.25. The Bertz CT molecular complexity index is 704. The van der Waals surface area contributed by atoms with Crippen molar-refractivity contribution in [1.29, 1.82) is 0 Å². The molecule has 0 aliphatic carbocycles. The van der Waals surface area contributed by atoms with Gasteiger partial charge in [-0.15, -0.1) is 0 Å². The summed E-state index contributed by atoms with van der Waals surface area (Å²) in [6.07, 6.45) is 1.52. The van der Waals surface area contributed by atoms with Crippen molar-refractivity contribution < 1.29 is 8.81 Å². The lowest BCUT2D eigenvalue weighted by molar-refractivity contribution is 0.582. The zero-order chi connectivity index (χ0) is 13.2. The molecule has 0 fully saturated rings. The number of furan rings is 1. The largest absolute Gasteiger partial charge is 0.463 e. The van der Waals surface area contributed by atoms with Gasteiger partial charge in [-0.1, -0.05) is 41.9 Å². The van der Waals surface area contributed by atoms with E-state index in [-0.39, 0.29) is 5.82 Å². The monoisotopic (exact) mass is 272 g/mol. The van der Waals surface area contributed by atoms with Crippen molar-refractivity contribution in [3.8, 4) is 22.5 Å². The van der Waals surface area contributed by atoms with Crippen molar-refractivity contribution in [2.45, 2.75) is 0 Å². The molecule has 1 nitrogen and oxygen atoms in total. The van der Waals surface area contributed by atoms with Crippen LogP contribution in [0.5, 0.6) is 0 Å². The van der Waals surface area contributed by atoms with Gasteiger partial charge >= 0.3 is 0 Å². The smallest absolute Gasteiger partial charge is 0.153 e. The summed E-state index contributed by atoms with van der Waals surface area (Å²) in [6.45, 7) is 0. The minimum absolute atomic E-state index is 0.287. The molecule has 2 aromatic carbocycles. The number of halogens is 2. The first-order chi connectivity index (χ1) is 9.25. The maximum absolute atomic E-state index is 13.5. The molecule has 3 heteroatoms. The molecule has 0 radical (unpaired) electrons. The second kappa shape index (κ2) is 4.90. The van der Waals surface area contributed by atoms with Crippen LogP contribution in [0.4, 0.5) is 4.39 Å². The molecule has 1 aromatic heterocycles. The highest BCUT2D eigenvalue weighted by Gasteiger charge is 2.14. The van der Waals surface area contributed by atoms with Gasteiger partial charge in [0.1, 0.15) is 5.82 Å². The number of hydrogen-bond donors (Lipinski definition) is 0. The molecule has 0 aliphatic rings. The van der Waals surface area contributed by atoms with Crippen molar-refractivity contribution in [1.82, 2.24) is 0 Å². The third-order valence-electron chi connectivity index (χ3n) is 2.93. The molecule has 19 heavy (non-hydrogen) atoms. The lowest BCUT2D eigenvalue weighted by Crippen LogP contribution is -1.86. The molecule has 0 saturated carbocycles. The van der Waals surface area contributed by atoms with Crippen LogP contribution in [0.25, 0.3) is 22.5 Å². The van der Waals surface area contributed by atoms with Crippen LogP contribution < -0.4 is 0 Å². The van der Waals surface area contributed by atoms with E-state index < -0.39 is 0 Å². The first-order valence-electron chi connectivity index (χ1n) is 5.84. The van der Waals surface area contributed by atoms with E-state index in [1.165, 1.54) is 18.4 Å². The summed E-state index contributed by atoms with van der Waals surface area (Å²) >= 11 is 6.09. The van der Waals surface area contributed by atoms with Gasteiger partial charge in [0.25, 0.3) is 0 Å². The van der Waals surface area contributed by atoms with Crippen LogP contribution in [-0.4, -0.2) is 0 Å². The van der Waals surface area contributed by atoms with Crippen molar-refractivity contribution in [2.75, 3.05) is 0 Å². The molecule has 0 atom stereocenters. The van der Waals surface area contributed by atoms with Gasteiger partial charge in [-0.25, -0.2) is 4.39 Å². The summed E-state index contributed by atoms with van der Waals surface area (Å²) in [5.41, 5.74) is 2.46. The third kappa shape index (κ3) is 2.27. The molecular formula is C16H10ClFO. The van der Waals surface area contributed by atoms with Gasteiger partial charge in [-0.3, -0.25) is 0 Å². The highest BCUT2D eigenvalue weighted by molar-refractivity contribution is 6.33. The van der Waals surface area contributed by atoms with Crippen LogP contribution >= 0.6 is 11.6 Å². The Morgan fingerprint density at radius 1 is 0.895 bits per heavy atom. The van der Waals surface area contributed by atoms with E-state index in [1.807, 2.05) is 30.3 Å². The molecule has 0 N–H and O–H groups in total. The van der Waals surface area contributed by atoms with Crippen molar-refractivity contribution >= 4 is 11.6 Å². The molecule has 0 amide bonds. The van der Waals surface area contributed by atoms with E-state index in [2.05, 4.69) is 0 Å². The molecule has 0 unspecified atom stereocenters. The molecule has 94 valence electrons. The third-order valence-corrected chi connectivity index (χ3v) is 3.23. The Morgan fingerprint density at radius 3 is 2.37 bits per heavy atom. The predicted octanol–water partition coefficient (Wildman–Crippen LogP) is 5.41. The SMILES string of the molecule is Fc1ccc(-c2occc2Cl)c(-c2ccccc2)c1. The maximum Gasteiger partial charge on any atom is 0.153 e. The second-order valence-corrected chi connectivity index (χ2v) is 4.56. The second-order valence-electron chi connectivity index (χ2n) is 4.15. The van der Waals surface area contributed by atoms with Crippen LogP contribution in [0.1, 0.15) is 0 Å². The molecule has 0 spiro atoms. The van der Waals surface area contributed by atoms with E-state index in [4.69, 9.17) is 16.0 Å². The van der Waals surface area contributed by atoms with Crippen LogP contribution in [0.15, 0.2) is 65.3 Å².